The lowest BCUT2D eigenvalue weighted by atomic mass is 10.1. The molecule has 0 heterocycles. The van der Waals surface area contributed by atoms with Crippen LogP contribution < -0.4 is 10.5 Å². The van der Waals surface area contributed by atoms with Crippen LogP contribution in [0.2, 0.25) is 0 Å². The Bertz CT molecular complexity index is 363. The Balaban J connectivity index is 2.80. The van der Waals surface area contributed by atoms with Crippen molar-refractivity contribution in [2.75, 3.05) is 0 Å². The molecule has 0 aliphatic carbocycles. The normalized spacial score (nSPS) is 14.2. The third-order valence-corrected chi connectivity index (χ3v) is 2.31. The molecule has 1 unspecified atom stereocenters. The standard InChI is InChI=1S/C12H17NO3/c1-3-11(12(14)15)16-10-6-4-5-9(7-10)8(2)13/h4-8,11H,3,13H2,1-2H3,(H,14,15)/t8-,11?/m1/s1. The van der Waals surface area contributed by atoms with Crippen molar-refractivity contribution in [3.63, 3.8) is 0 Å². The first-order valence-electron chi connectivity index (χ1n) is 5.29. The van der Waals surface area contributed by atoms with Crippen molar-refractivity contribution in [3.05, 3.63) is 29.8 Å². The van der Waals surface area contributed by atoms with Crippen LogP contribution >= 0.6 is 0 Å². The molecule has 0 saturated carbocycles. The molecular formula is C12H17NO3. The van der Waals surface area contributed by atoms with Crippen LogP contribution in [0.5, 0.6) is 5.75 Å². The van der Waals surface area contributed by atoms with Gasteiger partial charge < -0.3 is 15.6 Å². The number of carbonyl (C=O) groups is 1. The first-order chi connectivity index (χ1) is 7.54. The summed E-state index contributed by atoms with van der Waals surface area (Å²) in [5.74, 6) is -0.405. The molecule has 0 aliphatic heterocycles. The zero-order valence-electron chi connectivity index (χ0n) is 9.51. The second-order valence-electron chi connectivity index (χ2n) is 3.71. The zero-order valence-corrected chi connectivity index (χ0v) is 9.51. The molecule has 0 bridgehead atoms. The summed E-state index contributed by atoms with van der Waals surface area (Å²) in [5, 5.41) is 8.86. The quantitative estimate of drug-likeness (QED) is 0.800. The summed E-state index contributed by atoms with van der Waals surface area (Å²) >= 11 is 0. The van der Waals surface area contributed by atoms with Gasteiger partial charge in [0.15, 0.2) is 6.10 Å². The minimum atomic E-state index is -0.950. The monoisotopic (exact) mass is 223 g/mol. The van der Waals surface area contributed by atoms with Crippen molar-refractivity contribution in [3.8, 4) is 5.75 Å². The van der Waals surface area contributed by atoms with Crippen molar-refractivity contribution >= 4 is 5.97 Å². The van der Waals surface area contributed by atoms with Gasteiger partial charge in [0, 0.05) is 6.04 Å². The van der Waals surface area contributed by atoms with E-state index in [1.807, 2.05) is 19.1 Å². The van der Waals surface area contributed by atoms with E-state index in [2.05, 4.69) is 0 Å². The molecule has 0 saturated heterocycles. The van der Waals surface area contributed by atoms with Crippen molar-refractivity contribution in [1.29, 1.82) is 0 Å². The maximum atomic E-state index is 10.8. The largest absolute Gasteiger partial charge is 0.479 e. The lowest BCUT2D eigenvalue weighted by Gasteiger charge is -2.14. The molecule has 2 atom stereocenters. The lowest BCUT2D eigenvalue weighted by molar-refractivity contribution is -0.145. The van der Waals surface area contributed by atoms with Crippen LogP contribution in [0.1, 0.15) is 31.9 Å². The average Bonchev–Trinajstić information content (AvgIpc) is 2.25. The molecule has 88 valence electrons. The first-order valence-corrected chi connectivity index (χ1v) is 5.29. The number of carboxylic acid groups (broad SMARTS) is 1. The number of hydrogen-bond donors (Lipinski definition) is 2. The Hall–Kier alpha value is -1.55. The van der Waals surface area contributed by atoms with E-state index in [0.717, 1.165) is 5.56 Å². The molecule has 0 amide bonds. The smallest absolute Gasteiger partial charge is 0.344 e. The van der Waals surface area contributed by atoms with Gasteiger partial charge in [0.2, 0.25) is 0 Å². The molecule has 3 N–H and O–H groups in total. The molecule has 0 fully saturated rings. The summed E-state index contributed by atoms with van der Waals surface area (Å²) in [6.07, 6.45) is -0.374. The predicted molar refractivity (Wildman–Crippen MR) is 61.4 cm³/mol. The van der Waals surface area contributed by atoms with E-state index in [0.29, 0.717) is 12.2 Å². The highest BCUT2D eigenvalue weighted by Crippen LogP contribution is 2.19. The number of carboxylic acids is 1. The van der Waals surface area contributed by atoms with E-state index >= 15 is 0 Å². The molecule has 0 aliphatic rings. The van der Waals surface area contributed by atoms with Crippen LogP contribution in [0.25, 0.3) is 0 Å². The number of ether oxygens (including phenoxy) is 1. The van der Waals surface area contributed by atoms with Gasteiger partial charge in [-0.15, -0.1) is 0 Å². The van der Waals surface area contributed by atoms with Crippen LogP contribution in [0.15, 0.2) is 24.3 Å². The van der Waals surface area contributed by atoms with Gasteiger partial charge in [-0.3, -0.25) is 0 Å². The SMILES string of the molecule is CCC(Oc1cccc([C@@H](C)N)c1)C(=O)O. The number of nitrogens with two attached hydrogens (primary N) is 1. The minimum absolute atomic E-state index is 0.0894. The van der Waals surface area contributed by atoms with Crippen LogP contribution in [0.4, 0.5) is 0 Å². The molecule has 1 rings (SSSR count). The topological polar surface area (TPSA) is 72.5 Å². The molecule has 4 nitrogen and oxygen atoms in total. The van der Waals surface area contributed by atoms with Gasteiger partial charge >= 0.3 is 5.97 Å². The van der Waals surface area contributed by atoms with Gasteiger partial charge in [0.05, 0.1) is 0 Å². The Labute approximate surface area is 95.0 Å². The molecule has 16 heavy (non-hydrogen) atoms. The van der Waals surface area contributed by atoms with Gasteiger partial charge in [-0.25, -0.2) is 4.79 Å². The summed E-state index contributed by atoms with van der Waals surface area (Å²) in [6, 6.07) is 7.11. The molecular weight excluding hydrogens is 206 g/mol. The van der Waals surface area contributed by atoms with E-state index in [1.165, 1.54) is 0 Å². The lowest BCUT2D eigenvalue weighted by Crippen LogP contribution is -2.26. The van der Waals surface area contributed by atoms with Gasteiger partial charge in [0.1, 0.15) is 5.75 Å². The minimum Gasteiger partial charge on any atom is -0.479 e. The molecule has 0 spiro atoms. The van der Waals surface area contributed by atoms with Crippen LogP contribution in [0.3, 0.4) is 0 Å². The molecule has 1 aromatic carbocycles. The zero-order chi connectivity index (χ0) is 12.1. The van der Waals surface area contributed by atoms with Crippen molar-refractivity contribution in [1.82, 2.24) is 0 Å². The van der Waals surface area contributed by atoms with E-state index in [1.54, 1.807) is 19.1 Å². The van der Waals surface area contributed by atoms with Crippen molar-refractivity contribution < 1.29 is 14.6 Å². The van der Waals surface area contributed by atoms with Crippen LogP contribution in [0, 0.1) is 0 Å². The van der Waals surface area contributed by atoms with E-state index < -0.39 is 12.1 Å². The maximum Gasteiger partial charge on any atom is 0.344 e. The summed E-state index contributed by atoms with van der Waals surface area (Å²) in [5.41, 5.74) is 6.66. The maximum absolute atomic E-state index is 10.8. The van der Waals surface area contributed by atoms with E-state index in [4.69, 9.17) is 15.6 Å². The highest BCUT2D eigenvalue weighted by molar-refractivity contribution is 5.72. The van der Waals surface area contributed by atoms with E-state index in [9.17, 15) is 4.79 Å². The summed E-state index contributed by atoms with van der Waals surface area (Å²) in [7, 11) is 0. The summed E-state index contributed by atoms with van der Waals surface area (Å²) < 4.78 is 5.36. The third kappa shape index (κ3) is 3.24. The number of hydrogen-bond acceptors (Lipinski definition) is 3. The first kappa shape index (κ1) is 12.5. The molecule has 1 aromatic rings. The van der Waals surface area contributed by atoms with Gasteiger partial charge in [0.25, 0.3) is 0 Å². The van der Waals surface area contributed by atoms with Crippen LogP contribution in [-0.4, -0.2) is 17.2 Å². The van der Waals surface area contributed by atoms with Gasteiger partial charge in [-0.05, 0) is 31.0 Å². The molecule has 0 aromatic heterocycles. The molecule has 0 radical (unpaired) electrons. The second-order valence-corrected chi connectivity index (χ2v) is 3.71. The van der Waals surface area contributed by atoms with Crippen molar-refractivity contribution in [2.24, 2.45) is 5.73 Å². The molecule has 4 heteroatoms. The van der Waals surface area contributed by atoms with Crippen LogP contribution in [-0.2, 0) is 4.79 Å². The Kier molecular flexibility index (Phi) is 4.31. The average molecular weight is 223 g/mol. The Morgan fingerprint density at radius 1 is 1.56 bits per heavy atom. The number of rotatable bonds is 5. The highest BCUT2D eigenvalue weighted by Gasteiger charge is 2.16. The van der Waals surface area contributed by atoms with Crippen molar-refractivity contribution in [2.45, 2.75) is 32.4 Å². The fourth-order valence-electron chi connectivity index (χ4n) is 1.34. The highest BCUT2D eigenvalue weighted by atomic mass is 16.5. The predicted octanol–water partition coefficient (Wildman–Crippen LogP) is 1.95. The van der Waals surface area contributed by atoms with Gasteiger partial charge in [-0.2, -0.15) is 0 Å². The number of aliphatic carboxylic acids is 1. The Morgan fingerprint density at radius 2 is 2.25 bits per heavy atom. The van der Waals surface area contributed by atoms with Gasteiger partial charge in [-0.1, -0.05) is 19.1 Å². The fourth-order valence-corrected chi connectivity index (χ4v) is 1.34. The fraction of sp³-hybridized carbons (Fsp3) is 0.417. The summed E-state index contributed by atoms with van der Waals surface area (Å²) in [6.45, 7) is 3.64. The third-order valence-electron chi connectivity index (χ3n) is 2.31. The summed E-state index contributed by atoms with van der Waals surface area (Å²) in [4.78, 5) is 10.8. The van der Waals surface area contributed by atoms with E-state index in [-0.39, 0.29) is 6.04 Å². The second kappa shape index (κ2) is 5.51. The Morgan fingerprint density at radius 3 is 2.75 bits per heavy atom. The number of benzene rings is 1.